The summed E-state index contributed by atoms with van der Waals surface area (Å²) in [6, 6.07) is 10.4. The van der Waals surface area contributed by atoms with Crippen molar-refractivity contribution >= 4 is 11.8 Å². The zero-order chi connectivity index (χ0) is 11.4. The standard InChI is InChI=1S/C13H19NOS/c1-11-13(10-15,7-8-16-11)14-9-12-5-3-2-4-6-12/h2-6,11,14-15H,7-10H2,1H3. The van der Waals surface area contributed by atoms with Crippen molar-refractivity contribution < 1.29 is 5.11 Å². The zero-order valence-corrected chi connectivity index (χ0v) is 10.5. The fraction of sp³-hybridized carbons (Fsp3) is 0.538. The van der Waals surface area contributed by atoms with Gasteiger partial charge in [0.25, 0.3) is 0 Å². The number of thioether (sulfide) groups is 1. The smallest absolute Gasteiger partial charge is 0.0624 e. The van der Waals surface area contributed by atoms with E-state index in [-0.39, 0.29) is 12.1 Å². The van der Waals surface area contributed by atoms with Crippen molar-refractivity contribution in [2.24, 2.45) is 0 Å². The van der Waals surface area contributed by atoms with Crippen LogP contribution in [0.3, 0.4) is 0 Å². The third kappa shape index (κ3) is 2.42. The molecule has 0 spiro atoms. The highest BCUT2D eigenvalue weighted by Gasteiger charge is 2.39. The summed E-state index contributed by atoms with van der Waals surface area (Å²) in [6.45, 7) is 3.27. The number of nitrogens with one attached hydrogen (secondary N) is 1. The first-order chi connectivity index (χ1) is 7.77. The Balaban J connectivity index is 1.98. The molecular weight excluding hydrogens is 218 g/mol. The van der Waals surface area contributed by atoms with E-state index in [9.17, 15) is 5.11 Å². The van der Waals surface area contributed by atoms with Gasteiger partial charge in [0, 0.05) is 11.8 Å². The monoisotopic (exact) mass is 237 g/mol. The Morgan fingerprint density at radius 3 is 2.75 bits per heavy atom. The van der Waals surface area contributed by atoms with Crippen LogP contribution in [0.5, 0.6) is 0 Å². The van der Waals surface area contributed by atoms with Crippen LogP contribution in [0, 0.1) is 0 Å². The SMILES string of the molecule is CC1SCCC1(CO)NCc1ccccc1. The lowest BCUT2D eigenvalue weighted by Gasteiger charge is -2.32. The number of benzene rings is 1. The normalized spacial score (nSPS) is 29.5. The van der Waals surface area contributed by atoms with Crippen LogP contribution in [0.4, 0.5) is 0 Å². The van der Waals surface area contributed by atoms with Crippen molar-refractivity contribution in [2.45, 2.75) is 30.7 Å². The minimum atomic E-state index is -0.0828. The molecule has 0 radical (unpaired) electrons. The van der Waals surface area contributed by atoms with Gasteiger partial charge in [-0.25, -0.2) is 0 Å². The van der Waals surface area contributed by atoms with Crippen LogP contribution in [0.15, 0.2) is 30.3 Å². The highest BCUT2D eigenvalue weighted by Crippen LogP contribution is 2.35. The number of hydrogen-bond donors (Lipinski definition) is 2. The number of hydrogen-bond acceptors (Lipinski definition) is 3. The number of aliphatic hydroxyl groups is 1. The van der Waals surface area contributed by atoms with E-state index in [1.54, 1.807) is 0 Å². The summed E-state index contributed by atoms with van der Waals surface area (Å²) < 4.78 is 0. The zero-order valence-electron chi connectivity index (χ0n) is 9.65. The Labute approximate surface area is 101 Å². The Kier molecular flexibility index (Phi) is 3.90. The van der Waals surface area contributed by atoms with E-state index in [0.717, 1.165) is 18.7 Å². The highest BCUT2D eigenvalue weighted by molar-refractivity contribution is 8.00. The van der Waals surface area contributed by atoms with Crippen LogP contribution in [0.25, 0.3) is 0 Å². The lowest BCUT2D eigenvalue weighted by Crippen LogP contribution is -2.52. The molecule has 2 nitrogen and oxygen atoms in total. The third-order valence-corrected chi connectivity index (χ3v) is 4.85. The Bertz CT molecular complexity index is 330. The van der Waals surface area contributed by atoms with Gasteiger partial charge in [-0.2, -0.15) is 11.8 Å². The Morgan fingerprint density at radius 1 is 1.44 bits per heavy atom. The van der Waals surface area contributed by atoms with Crippen LogP contribution in [0.2, 0.25) is 0 Å². The van der Waals surface area contributed by atoms with Crippen molar-refractivity contribution in [2.75, 3.05) is 12.4 Å². The van der Waals surface area contributed by atoms with Gasteiger partial charge in [0.15, 0.2) is 0 Å². The van der Waals surface area contributed by atoms with Crippen LogP contribution in [-0.2, 0) is 6.54 Å². The van der Waals surface area contributed by atoms with E-state index in [1.165, 1.54) is 5.56 Å². The van der Waals surface area contributed by atoms with Crippen LogP contribution < -0.4 is 5.32 Å². The van der Waals surface area contributed by atoms with E-state index < -0.39 is 0 Å². The number of rotatable bonds is 4. The van der Waals surface area contributed by atoms with Gasteiger partial charge in [0.2, 0.25) is 0 Å². The van der Waals surface area contributed by atoms with Gasteiger partial charge >= 0.3 is 0 Å². The van der Waals surface area contributed by atoms with Gasteiger partial charge < -0.3 is 10.4 Å². The fourth-order valence-electron chi connectivity index (χ4n) is 2.15. The van der Waals surface area contributed by atoms with Crippen molar-refractivity contribution in [3.05, 3.63) is 35.9 Å². The van der Waals surface area contributed by atoms with Gasteiger partial charge in [0.1, 0.15) is 0 Å². The van der Waals surface area contributed by atoms with Gasteiger partial charge in [-0.15, -0.1) is 0 Å². The van der Waals surface area contributed by atoms with E-state index >= 15 is 0 Å². The summed E-state index contributed by atoms with van der Waals surface area (Å²) >= 11 is 1.94. The predicted molar refractivity (Wildman–Crippen MR) is 69.6 cm³/mol. The fourth-order valence-corrected chi connectivity index (χ4v) is 3.58. The molecule has 1 heterocycles. The Morgan fingerprint density at radius 2 is 2.19 bits per heavy atom. The lowest BCUT2D eigenvalue weighted by molar-refractivity contribution is 0.161. The molecule has 2 atom stereocenters. The van der Waals surface area contributed by atoms with Gasteiger partial charge in [-0.05, 0) is 17.7 Å². The van der Waals surface area contributed by atoms with Crippen LogP contribution in [0.1, 0.15) is 18.9 Å². The van der Waals surface area contributed by atoms with Gasteiger partial charge in [-0.3, -0.25) is 0 Å². The molecule has 0 saturated carbocycles. The quantitative estimate of drug-likeness (QED) is 0.840. The third-order valence-electron chi connectivity index (χ3n) is 3.46. The second-order valence-electron chi connectivity index (χ2n) is 4.42. The van der Waals surface area contributed by atoms with Crippen molar-refractivity contribution in [1.82, 2.24) is 5.32 Å². The minimum Gasteiger partial charge on any atom is -0.394 e. The van der Waals surface area contributed by atoms with Crippen molar-refractivity contribution in [3.8, 4) is 0 Å². The van der Waals surface area contributed by atoms with E-state index in [0.29, 0.717) is 5.25 Å². The predicted octanol–water partition coefficient (Wildman–Crippen LogP) is 2.03. The van der Waals surface area contributed by atoms with Crippen LogP contribution in [-0.4, -0.2) is 28.3 Å². The summed E-state index contributed by atoms with van der Waals surface area (Å²) in [5.41, 5.74) is 1.19. The molecule has 2 N–H and O–H groups in total. The van der Waals surface area contributed by atoms with Crippen molar-refractivity contribution in [3.63, 3.8) is 0 Å². The average Bonchev–Trinajstić information content (AvgIpc) is 2.70. The molecular formula is C13H19NOS. The first-order valence-corrected chi connectivity index (χ1v) is 6.83. The van der Waals surface area contributed by atoms with Crippen molar-refractivity contribution in [1.29, 1.82) is 0 Å². The van der Waals surface area contributed by atoms with Gasteiger partial charge in [-0.1, -0.05) is 37.3 Å². The highest BCUT2D eigenvalue weighted by atomic mass is 32.2. The molecule has 1 saturated heterocycles. The molecule has 2 rings (SSSR count). The Hall–Kier alpha value is -0.510. The molecule has 0 aromatic heterocycles. The van der Waals surface area contributed by atoms with E-state index in [2.05, 4.69) is 36.5 Å². The average molecular weight is 237 g/mol. The molecule has 1 aliphatic heterocycles. The first kappa shape index (κ1) is 12.0. The van der Waals surface area contributed by atoms with Crippen LogP contribution >= 0.6 is 11.8 Å². The lowest BCUT2D eigenvalue weighted by atomic mass is 9.93. The molecule has 1 aliphatic rings. The van der Waals surface area contributed by atoms with Gasteiger partial charge in [0.05, 0.1) is 12.1 Å². The molecule has 0 amide bonds. The number of aliphatic hydroxyl groups excluding tert-OH is 1. The molecule has 1 aromatic rings. The molecule has 0 aliphatic carbocycles. The molecule has 16 heavy (non-hydrogen) atoms. The molecule has 3 heteroatoms. The second-order valence-corrected chi connectivity index (χ2v) is 5.87. The molecule has 0 bridgehead atoms. The van der Waals surface area contributed by atoms with E-state index in [4.69, 9.17) is 0 Å². The topological polar surface area (TPSA) is 32.3 Å². The summed E-state index contributed by atoms with van der Waals surface area (Å²) in [5.74, 6) is 1.14. The summed E-state index contributed by atoms with van der Waals surface area (Å²) in [4.78, 5) is 0. The molecule has 88 valence electrons. The first-order valence-electron chi connectivity index (χ1n) is 5.78. The molecule has 1 aromatic carbocycles. The largest absolute Gasteiger partial charge is 0.394 e. The summed E-state index contributed by atoms with van der Waals surface area (Å²) in [6.07, 6.45) is 1.06. The summed E-state index contributed by atoms with van der Waals surface area (Å²) in [5, 5.41) is 13.6. The molecule has 2 unspecified atom stereocenters. The maximum atomic E-state index is 9.59. The minimum absolute atomic E-state index is 0.0828. The second kappa shape index (κ2) is 5.21. The maximum Gasteiger partial charge on any atom is 0.0624 e. The molecule has 1 fully saturated rings. The maximum absolute atomic E-state index is 9.59. The summed E-state index contributed by atoms with van der Waals surface area (Å²) in [7, 11) is 0. The van der Waals surface area contributed by atoms with E-state index in [1.807, 2.05) is 17.8 Å².